The smallest absolute Gasteiger partial charge is 0.165 e. The zero-order chi connectivity index (χ0) is 14.1. The van der Waals surface area contributed by atoms with Crippen molar-refractivity contribution in [2.24, 2.45) is 0 Å². The molecule has 2 nitrogen and oxygen atoms in total. The van der Waals surface area contributed by atoms with Crippen LogP contribution >= 0.6 is 0 Å². The zero-order valence-electron chi connectivity index (χ0n) is 11.6. The molecule has 0 radical (unpaired) electrons. The number of hydrogen-bond acceptors (Lipinski definition) is 1. The first-order chi connectivity index (χ1) is 9.67. The number of rotatable bonds is 3. The Morgan fingerprint density at radius 1 is 1.10 bits per heavy atom. The highest BCUT2D eigenvalue weighted by molar-refractivity contribution is 5.80. The molecule has 2 aromatic carbocycles. The van der Waals surface area contributed by atoms with Gasteiger partial charge in [0.05, 0.1) is 7.11 Å². The Labute approximate surface area is 117 Å². The molecule has 3 aromatic rings. The summed E-state index contributed by atoms with van der Waals surface area (Å²) in [6.07, 6.45) is 2.03. The van der Waals surface area contributed by atoms with Crippen molar-refractivity contribution in [2.45, 2.75) is 13.5 Å². The molecular weight excluding hydrogens is 253 g/mol. The van der Waals surface area contributed by atoms with Crippen molar-refractivity contribution in [3.8, 4) is 5.75 Å². The first-order valence-electron chi connectivity index (χ1n) is 6.55. The second kappa shape index (κ2) is 5.00. The lowest BCUT2D eigenvalue weighted by atomic mass is 10.2. The molecule has 0 bridgehead atoms. The fourth-order valence-corrected chi connectivity index (χ4v) is 2.44. The van der Waals surface area contributed by atoms with Gasteiger partial charge in [-0.1, -0.05) is 18.2 Å². The third-order valence-electron chi connectivity index (χ3n) is 3.50. The molecule has 0 unspecified atom stereocenters. The maximum absolute atomic E-state index is 13.7. The van der Waals surface area contributed by atoms with E-state index in [9.17, 15) is 4.39 Å². The topological polar surface area (TPSA) is 14.2 Å². The van der Waals surface area contributed by atoms with Crippen LogP contribution in [0.1, 0.15) is 11.1 Å². The number of halogens is 1. The highest BCUT2D eigenvalue weighted by Crippen LogP contribution is 2.21. The highest BCUT2D eigenvalue weighted by Gasteiger charge is 2.06. The second-order valence-electron chi connectivity index (χ2n) is 4.97. The van der Waals surface area contributed by atoms with Crippen LogP contribution in [0, 0.1) is 12.7 Å². The van der Waals surface area contributed by atoms with Crippen molar-refractivity contribution in [3.05, 3.63) is 65.6 Å². The van der Waals surface area contributed by atoms with Crippen molar-refractivity contribution in [1.82, 2.24) is 4.57 Å². The molecule has 20 heavy (non-hydrogen) atoms. The molecule has 0 aliphatic heterocycles. The molecule has 3 rings (SSSR count). The average molecular weight is 269 g/mol. The molecular formula is C17H16FNO. The molecule has 0 amide bonds. The molecule has 1 heterocycles. The van der Waals surface area contributed by atoms with E-state index in [0.717, 1.165) is 5.56 Å². The third-order valence-corrected chi connectivity index (χ3v) is 3.50. The normalized spacial score (nSPS) is 10.9. The summed E-state index contributed by atoms with van der Waals surface area (Å²) in [6, 6.07) is 13.5. The minimum absolute atomic E-state index is 0.280. The van der Waals surface area contributed by atoms with Crippen LogP contribution in [-0.2, 0) is 6.54 Å². The predicted octanol–water partition coefficient (Wildman–Crippen LogP) is 4.15. The summed E-state index contributed by atoms with van der Waals surface area (Å²) in [6.45, 7) is 2.72. The molecule has 0 fully saturated rings. The molecule has 102 valence electrons. The lowest BCUT2D eigenvalue weighted by Gasteiger charge is -2.08. The Kier molecular flexibility index (Phi) is 3.18. The molecule has 1 aromatic heterocycles. The summed E-state index contributed by atoms with van der Waals surface area (Å²) >= 11 is 0. The summed E-state index contributed by atoms with van der Waals surface area (Å²) in [5, 5.41) is 1.20. The summed E-state index contributed by atoms with van der Waals surface area (Å²) in [4.78, 5) is 0. The molecule has 0 aliphatic rings. The van der Waals surface area contributed by atoms with Gasteiger partial charge in [0.2, 0.25) is 0 Å². The van der Waals surface area contributed by atoms with Crippen molar-refractivity contribution < 1.29 is 9.13 Å². The Hall–Kier alpha value is -2.29. The standard InChI is InChI=1S/C17H16FNO/c1-12-3-5-14-7-8-19(16(14)9-12)11-13-4-6-17(20-2)15(18)10-13/h3-10H,11H2,1-2H3. The van der Waals surface area contributed by atoms with E-state index in [4.69, 9.17) is 4.74 Å². The number of nitrogens with zero attached hydrogens (tertiary/aromatic N) is 1. The minimum atomic E-state index is -0.322. The van der Waals surface area contributed by atoms with Gasteiger partial charge >= 0.3 is 0 Å². The van der Waals surface area contributed by atoms with Gasteiger partial charge in [-0.25, -0.2) is 4.39 Å². The molecule has 0 N–H and O–H groups in total. The Balaban J connectivity index is 1.97. The van der Waals surface area contributed by atoms with Crippen LogP contribution < -0.4 is 4.74 Å². The Morgan fingerprint density at radius 2 is 1.95 bits per heavy atom. The second-order valence-corrected chi connectivity index (χ2v) is 4.97. The van der Waals surface area contributed by atoms with E-state index in [0.29, 0.717) is 6.54 Å². The predicted molar refractivity (Wildman–Crippen MR) is 78.7 cm³/mol. The first-order valence-corrected chi connectivity index (χ1v) is 6.55. The molecule has 0 aliphatic carbocycles. The summed E-state index contributed by atoms with van der Waals surface area (Å²) in [7, 11) is 1.47. The SMILES string of the molecule is COc1ccc(Cn2ccc3ccc(C)cc32)cc1F. The molecule has 0 spiro atoms. The van der Waals surface area contributed by atoms with Gasteiger partial charge in [0.1, 0.15) is 0 Å². The van der Waals surface area contributed by atoms with Gasteiger partial charge in [0.15, 0.2) is 11.6 Å². The lowest BCUT2D eigenvalue weighted by molar-refractivity contribution is 0.386. The number of methoxy groups -OCH3 is 1. The van der Waals surface area contributed by atoms with Gasteiger partial charge in [0.25, 0.3) is 0 Å². The maximum Gasteiger partial charge on any atom is 0.165 e. The summed E-state index contributed by atoms with van der Waals surface area (Å²) < 4.78 is 20.8. The largest absolute Gasteiger partial charge is 0.494 e. The van der Waals surface area contributed by atoms with Crippen LogP contribution in [0.4, 0.5) is 4.39 Å². The lowest BCUT2D eigenvalue weighted by Crippen LogP contribution is -1.99. The van der Waals surface area contributed by atoms with Crippen LogP contribution in [0.5, 0.6) is 5.75 Å². The van der Waals surface area contributed by atoms with Crippen LogP contribution in [0.3, 0.4) is 0 Å². The molecule has 0 atom stereocenters. The van der Waals surface area contributed by atoms with E-state index in [-0.39, 0.29) is 11.6 Å². The van der Waals surface area contributed by atoms with Gasteiger partial charge in [-0.05, 0) is 47.7 Å². The fourth-order valence-electron chi connectivity index (χ4n) is 2.44. The molecule has 0 saturated heterocycles. The highest BCUT2D eigenvalue weighted by atomic mass is 19.1. The van der Waals surface area contributed by atoms with E-state index in [1.165, 1.54) is 29.6 Å². The number of aryl methyl sites for hydroxylation is 1. The van der Waals surface area contributed by atoms with Crippen molar-refractivity contribution in [3.63, 3.8) is 0 Å². The van der Waals surface area contributed by atoms with Gasteiger partial charge in [-0.3, -0.25) is 0 Å². The first kappa shape index (κ1) is 12.7. The minimum Gasteiger partial charge on any atom is -0.494 e. The van der Waals surface area contributed by atoms with E-state index in [1.54, 1.807) is 6.07 Å². The van der Waals surface area contributed by atoms with E-state index in [1.807, 2.05) is 12.3 Å². The van der Waals surface area contributed by atoms with Crippen LogP contribution in [0.2, 0.25) is 0 Å². The number of aromatic nitrogens is 1. The average Bonchev–Trinajstić information content (AvgIpc) is 2.82. The monoisotopic (exact) mass is 269 g/mol. The van der Waals surface area contributed by atoms with Gasteiger partial charge in [-0.2, -0.15) is 0 Å². The quantitative estimate of drug-likeness (QED) is 0.697. The summed E-state index contributed by atoms with van der Waals surface area (Å²) in [5.74, 6) is -0.0420. The molecule has 0 saturated carbocycles. The summed E-state index contributed by atoms with van der Waals surface area (Å²) in [5.41, 5.74) is 3.31. The number of benzene rings is 2. The van der Waals surface area contributed by atoms with E-state index >= 15 is 0 Å². The zero-order valence-corrected chi connectivity index (χ0v) is 11.6. The van der Waals surface area contributed by atoms with Gasteiger partial charge in [0, 0.05) is 18.3 Å². The fraction of sp³-hybridized carbons (Fsp3) is 0.176. The Bertz CT molecular complexity index is 761. The number of ether oxygens (including phenoxy) is 1. The van der Waals surface area contributed by atoms with Crippen molar-refractivity contribution in [2.75, 3.05) is 7.11 Å². The van der Waals surface area contributed by atoms with Crippen LogP contribution in [-0.4, -0.2) is 11.7 Å². The van der Waals surface area contributed by atoms with E-state index in [2.05, 4.69) is 35.8 Å². The number of fused-ring (bicyclic) bond motifs is 1. The van der Waals surface area contributed by atoms with Crippen molar-refractivity contribution >= 4 is 10.9 Å². The van der Waals surface area contributed by atoms with E-state index < -0.39 is 0 Å². The van der Waals surface area contributed by atoms with Gasteiger partial charge in [-0.15, -0.1) is 0 Å². The third kappa shape index (κ3) is 2.27. The maximum atomic E-state index is 13.7. The van der Waals surface area contributed by atoms with Crippen molar-refractivity contribution in [1.29, 1.82) is 0 Å². The van der Waals surface area contributed by atoms with Crippen LogP contribution in [0.25, 0.3) is 10.9 Å². The molecule has 3 heteroatoms. The number of hydrogen-bond donors (Lipinski definition) is 0. The van der Waals surface area contributed by atoms with Crippen LogP contribution in [0.15, 0.2) is 48.7 Å². The van der Waals surface area contributed by atoms with Gasteiger partial charge < -0.3 is 9.30 Å². The Morgan fingerprint density at radius 3 is 2.70 bits per heavy atom.